The zero-order valence-electron chi connectivity index (χ0n) is 20.6. The molecule has 0 radical (unpaired) electrons. The van der Waals surface area contributed by atoms with E-state index in [1.807, 2.05) is 0 Å². The van der Waals surface area contributed by atoms with E-state index in [1.54, 1.807) is 0 Å². The second kappa shape index (κ2) is 7.24. The van der Waals surface area contributed by atoms with Crippen molar-refractivity contribution in [2.24, 2.45) is 0 Å². The van der Waals surface area contributed by atoms with Gasteiger partial charge < -0.3 is 9.55 Å². The van der Waals surface area contributed by atoms with Crippen molar-refractivity contribution in [3.63, 3.8) is 0 Å². The number of nitrogens with zero attached hydrogens (tertiary/aromatic N) is 1. The SMILES string of the molecule is c1ccc(-n2c3ccccc3c3c4c5ccccc5c5[nH]c6ccccc6c5c4c4ccccc4c32)cc1. The van der Waals surface area contributed by atoms with E-state index in [0.29, 0.717) is 0 Å². The summed E-state index contributed by atoms with van der Waals surface area (Å²) in [5.74, 6) is 0. The average Bonchev–Trinajstić information content (AvgIpc) is 3.54. The molecule has 0 atom stereocenters. The molecule has 38 heavy (non-hydrogen) atoms. The van der Waals surface area contributed by atoms with E-state index in [0.717, 1.165) is 0 Å². The van der Waals surface area contributed by atoms with Crippen molar-refractivity contribution in [2.75, 3.05) is 0 Å². The Hall–Kier alpha value is -5.08. The molecule has 0 spiro atoms. The Morgan fingerprint density at radius 3 is 1.74 bits per heavy atom. The maximum atomic E-state index is 3.79. The number of benzene rings is 7. The second-order valence-corrected chi connectivity index (χ2v) is 10.2. The monoisotopic (exact) mass is 482 g/mol. The van der Waals surface area contributed by atoms with Crippen LogP contribution in [0.5, 0.6) is 0 Å². The summed E-state index contributed by atoms with van der Waals surface area (Å²) in [6.07, 6.45) is 0. The first-order chi connectivity index (χ1) is 18.9. The van der Waals surface area contributed by atoms with Crippen LogP contribution in [-0.4, -0.2) is 9.55 Å². The Kier molecular flexibility index (Phi) is 3.82. The number of hydrogen-bond acceptors (Lipinski definition) is 0. The number of H-pyrrole nitrogens is 1. The number of aromatic amines is 1. The minimum Gasteiger partial charge on any atom is -0.354 e. The number of nitrogens with one attached hydrogen (secondary N) is 1. The van der Waals surface area contributed by atoms with Gasteiger partial charge >= 0.3 is 0 Å². The van der Waals surface area contributed by atoms with E-state index in [1.165, 1.54) is 81.6 Å². The zero-order chi connectivity index (χ0) is 24.8. The molecule has 0 saturated heterocycles. The van der Waals surface area contributed by atoms with E-state index in [-0.39, 0.29) is 0 Å². The van der Waals surface area contributed by atoms with Crippen LogP contribution in [0.3, 0.4) is 0 Å². The fourth-order valence-electron chi connectivity index (χ4n) is 6.81. The predicted octanol–water partition coefficient (Wildman–Crippen LogP) is 9.88. The van der Waals surface area contributed by atoms with Gasteiger partial charge in [-0.1, -0.05) is 103 Å². The van der Waals surface area contributed by atoms with E-state index >= 15 is 0 Å². The Morgan fingerprint density at radius 1 is 0.395 bits per heavy atom. The molecule has 0 aliphatic heterocycles. The summed E-state index contributed by atoms with van der Waals surface area (Å²) in [6, 6.07) is 46.2. The average molecular weight is 483 g/mol. The summed E-state index contributed by atoms with van der Waals surface area (Å²) in [5.41, 5.74) is 6.07. The molecule has 0 fully saturated rings. The van der Waals surface area contributed by atoms with Gasteiger partial charge in [-0.3, -0.25) is 0 Å². The second-order valence-electron chi connectivity index (χ2n) is 10.2. The molecule has 2 heterocycles. The maximum Gasteiger partial charge on any atom is 0.0626 e. The molecule has 9 rings (SSSR count). The molecule has 9 aromatic rings. The van der Waals surface area contributed by atoms with Gasteiger partial charge in [0.25, 0.3) is 0 Å². The summed E-state index contributed by atoms with van der Waals surface area (Å²) < 4.78 is 2.46. The van der Waals surface area contributed by atoms with Crippen molar-refractivity contribution >= 4 is 75.9 Å². The van der Waals surface area contributed by atoms with Crippen LogP contribution in [0.25, 0.3) is 81.6 Å². The van der Waals surface area contributed by atoms with Crippen LogP contribution in [0.15, 0.2) is 127 Å². The van der Waals surface area contributed by atoms with E-state index in [4.69, 9.17) is 0 Å². The van der Waals surface area contributed by atoms with Gasteiger partial charge in [-0.15, -0.1) is 0 Å². The minimum absolute atomic E-state index is 1.18. The Morgan fingerprint density at radius 2 is 0.947 bits per heavy atom. The minimum atomic E-state index is 1.18. The lowest BCUT2D eigenvalue weighted by atomic mass is 9.89. The van der Waals surface area contributed by atoms with E-state index in [2.05, 4.69) is 137 Å². The lowest BCUT2D eigenvalue weighted by molar-refractivity contribution is 1.19. The molecule has 0 bridgehead atoms. The predicted molar refractivity (Wildman–Crippen MR) is 163 cm³/mol. The van der Waals surface area contributed by atoms with Gasteiger partial charge in [0.2, 0.25) is 0 Å². The molecule has 0 saturated carbocycles. The molecular weight excluding hydrogens is 460 g/mol. The van der Waals surface area contributed by atoms with Gasteiger partial charge in [0.05, 0.1) is 16.6 Å². The first-order valence-corrected chi connectivity index (χ1v) is 13.1. The van der Waals surface area contributed by atoms with Crippen LogP contribution in [0.1, 0.15) is 0 Å². The van der Waals surface area contributed by atoms with Crippen molar-refractivity contribution in [3.05, 3.63) is 127 Å². The van der Waals surface area contributed by atoms with Crippen molar-refractivity contribution in [2.45, 2.75) is 0 Å². The lowest BCUT2D eigenvalue weighted by Gasteiger charge is -2.15. The van der Waals surface area contributed by atoms with Gasteiger partial charge in [0.1, 0.15) is 0 Å². The third-order valence-electron chi connectivity index (χ3n) is 8.26. The topological polar surface area (TPSA) is 20.7 Å². The van der Waals surface area contributed by atoms with Crippen molar-refractivity contribution < 1.29 is 0 Å². The third kappa shape index (κ3) is 2.42. The molecule has 176 valence electrons. The highest BCUT2D eigenvalue weighted by Gasteiger charge is 2.23. The highest BCUT2D eigenvalue weighted by atomic mass is 15.0. The van der Waals surface area contributed by atoms with Crippen LogP contribution in [-0.2, 0) is 0 Å². The fourth-order valence-corrected chi connectivity index (χ4v) is 6.81. The van der Waals surface area contributed by atoms with Crippen LogP contribution in [0, 0.1) is 0 Å². The number of rotatable bonds is 1. The first-order valence-electron chi connectivity index (χ1n) is 13.1. The van der Waals surface area contributed by atoms with Crippen LogP contribution in [0.4, 0.5) is 0 Å². The third-order valence-corrected chi connectivity index (χ3v) is 8.26. The highest BCUT2D eigenvalue weighted by Crippen LogP contribution is 2.48. The van der Waals surface area contributed by atoms with Gasteiger partial charge in [-0.25, -0.2) is 0 Å². The summed E-state index contributed by atoms with van der Waals surface area (Å²) in [4.78, 5) is 3.79. The van der Waals surface area contributed by atoms with Crippen molar-refractivity contribution in [1.82, 2.24) is 9.55 Å². The largest absolute Gasteiger partial charge is 0.354 e. The van der Waals surface area contributed by atoms with Crippen LogP contribution < -0.4 is 0 Å². The molecule has 0 aliphatic rings. The number of para-hydroxylation sites is 3. The van der Waals surface area contributed by atoms with Gasteiger partial charge in [-0.2, -0.15) is 0 Å². The molecule has 7 aromatic carbocycles. The van der Waals surface area contributed by atoms with Gasteiger partial charge in [-0.05, 0) is 35.0 Å². The molecule has 2 nitrogen and oxygen atoms in total. The number of fused-ring (bicyclic) bond motifs is 15. The highest BCUT2D eigenvalue weighted by molar-refractivity contribution is 6.45. The normalized spacial score (nSPS) is 12.2. The molecule has 2 aromatic heterocycles. The summed E-state index contributed by atoms with van der Waals surface area (Å²) in [5, 5.41) is 13.0. The number of hydrogen-bond donors (Lipinski definition) is 1. The van der Waals surface area contributed by atoms with Gasteiger partial charge in [0, 0.05) is 54.3 Å². The first kappa shape index (κ1) is 20.0. The fraction of sp³-hybridized carbons (Fsp3) is 0. The molecular formula is C36H22N2. The smallest absolute Gasteiger partial charge is 0.0626 e. The quantitative estimate of drug-likeness (QED) is 0.225. The standard InChI is InChI=1S/C36H22N2/c1-2-12-22(13-3-1)38-30-21-11-9-19-28(30)34-32-23-14-4-6-16-25(23)35-33(27-18-8-10-20-29(27)37-35)31(32)24-15-5-7-17-26(24)36(34)38/h1-21,37H. The van der Waals surface area contributed by atoms with Crippen molar-refractivity contribution in [1.29, 1.82) is 0 Å². The maximum absolute atomic E-state index is 3.79. The Balaban J connectivity index is 1.73. The molecule has 0 aliphatic carbocycles. The Bertz CT molecular complexity index is 2390. The molecule has 2 heteroatoms. The summed E-state index contributed by atoms with van der Waals surface area (Å²) >= 11 is 0. The lowest BCUT2D eigenvalue weighted by Crippen LogP contribution is -1.94. The van der Waals surface area contributed by atoms with Crippen LogP contribution >= 0.6 is 0 Å². The van der Waals surface area contributed by atoms with Crippen molar-refractivity contribution in [3.8, 4) is 5.69 Å². The summed E-state index contributed by atoms with van der Waals surface area (Å²) in [6.45, 7) is 0. The van der Waals surface area contributed by atoms with Gasteiger partial charge in [0.15, 0.2) is 0 Å². The van der Waals surface area contributed by atoms with Crippen LogP contribution in [0.2, 0.25) is 0 Å². The zero-order valence-corrected chi connectivity index (χ0v) is 20.6. The molecule has 0 unspecified atom stereocenters. The van der Waals surface area contributed by atoms with E-state index < -0.39 is 0 Å². The molecule has 1 N–H and O–H groups in total. The molecule has 0 amide bonds. The summed E-state index contributed by atoms with van der Waals surface area (Å²) in [7, 11) is 0. The Labute approximate surface area is 218 Å². The number of aromatic nitrogens is 2. The van der Waals surface area contributed by atoms with E-state index in [9.17, 15) is 0 Å².